The van der Waals surface area contributed by atoms with E-state index in [1.165, 1.54) is 11.1 Å². The second kappa shape index (κ2) is 9.88. The lowest BCUT2D eigenvalue weighted by molar-refractivity contribution is 0.172. The van der Waals surface area contributed by atoms with Gasteiger partial charge in [-0.2, -0.15) is 0 Å². The average Bonchev–Trinajstić information content (AvgIpc) is 3.14. The van der Waals surface area contributed by atoms with Crippen LogP contribution in [0.15, 0.2) is 60.8 Å². The highest BCUT2D eigenvalue weighted by Gasteiger charge is 2.21. The van der Waals surface area contributed by atoms with E-state index in [0.29, 0.717) is 6.04 Å². The third-order valence-electron chi connectivity index (χ3n) is 5.04. The topological polar surface area (TPSA) is 34.0 Å². The first-order valence-electron chi connectivity index (χ1n) is 9.03. The lowest BCUT2D eigenvalue weighted by atomic mass is 10.0. The molecule has 27 heavy (non-hydrogen) atoms. The molecule has 0 N–H and O–H groups in total. The molecule has 6 heteroatoms. The molecule has 2 heterocycles. The van der Waals surface area contributed by atoms with Gasteiger partial charge in [0.25, 0.3) is 0 Å². The Hall–Kier alpha value is -1.88. The first-order valence-corrected chi connectivity index (χ1v) is 9.03. The van der Waals surface area contributed by atoms with Crippen molar-refractivity contribution < 1.29 is 0 Å². The first kappa shape index (κ1) is 21.4. The van der Waals surface area contributed by atoms with Gasteiger partial charge in [0.1, 0.15) is 5.69 Å². The number of likely N-dealkylation sites (tertiary alicyclic amines) is 1. The standard InChI is InChI=1S/C21H24N4.2ClH/c1-17-7-9-19(10-8-17)21-16-25(23-22-21)20-11-13-24(14-12-20)15-18-5-3-2-4-6-18;;/h2-10,16,20H,11-15H2,1H3;2*1H. The van der Waals surface area contributed by atoms with Crippen LogP contribution in [0, 0.1) is 6.92 Å². The summed E-state index contributed by atoms with van der Waals surface area (Å²) in [5.74, 6) is 0. The molecule has 1 fully saturated rings. The quantitative estimate of drug-likeness (QED) is 0.617. The number of piperidine rings is 1. The number of halogens is 2. The number of hydrogen-bond acceptors (Lipinski definition) is 3. The van der Waals surface area contributed by atoms with Gasteiger partial charge in [-0.25, -0.2) is 4.68 Å². The fourth-order valence-electron chi connectivity index (χ4n) is 3.50. The SMILES string of the molecule is Cc1ccc(-c2cn(C3CCN(Cc4ccccc4)CC3)nn2)cc1.Cl.Cl. The third-order valence-corrected chi connectivity index (χ3v) is 5.04. The molecule has 2 aromatic carbocycles. The Morgan fingerprint density at radius 3 is 2.26 bits per heavy atom. The maximum absolute atomic E-state index is 4.40. The zero-order chi connectivity index (χ0) is 17.1. The molecule has 1 saturated heterocycles. The summed E-state index contributed by atoms with van der Waals surface area (Å²) in [5, 5.41) is 8.77. The first-order chi connectivity index (χ1) is 12.3. The van der Waals surface area contributed by atoms with Gasteiger partial charge in [0.2, 0.25) is 0 Å². The summed E-state index contributed by atoms with van der Waals surface area (Å²) in [6.45, 7) is 5.36. The molecule has 0 spiro atoms. The van der Waals surface area contributed by atoms with Gasteiger partial charge in [0.05, 0.1) is 12.2 Å². The van der Waals surface area contributed by atoms with Crippen molar-refractivity contribution in [2.45, 2.75) is 32.4 Å². The van der Waals surface area contributed by atoms with Crippen LogP contribution in [0.4, 0.5) is 0 Å². The van der Waals surface area contributed by atoms with Gasteiger partial charge in [-0.15, -0.1) is 29.9 Å². The average molecular weight is 405 g/mol. The minimum atomic E-state index is 0. The normalized spacial score (nSPS) is 15.0. The van der Waals surface area contributed by atoms with Crippen molar-refractivity contribution in [2.24, 2.45) is 0 Å². The summed E-state index contributed by atoms with van der Waals surface area (Å²) in [5.41, 5.74) is 4.76. The predicted octanol–water partition coefficient (Wildman–Crippen LogP) is 4.93. The molecule has 4 nitrogen and oxygen atoms in total. The lowest BCUT2D eigenvalue weighted by Gasteiger charge is -2.31. The number of benzene rings is 2. The van der Waals surface area contributed by atoms with Crippen LogP contribution in [0.25, 0.3) is 11.3 Å². The molecule has 1 aromatic heterocycles. The lowest BCUT2D eigenvalue weighted by Crippen LogP contribution is -2.34. The molecular weight excluding hydrogens is 379 g/mol. The van der Waals surface area contributed by atoms with Crippen LogP contribution in [0.2, 0.25) is 0 Å². The van der Waals surface area contributed by atoms with E-state index in [9.17, 15) is 0 Å². The third kappa shape index (κ3) is 5.32. The zero-order valence-corrected chi connectivity index (χ0v) is 17.1. The Balaban J connectivity index is 0.00000131. The number of rotatable bonds is 4. The van der Waals surface area contributed by atoms with E-state index < -0.39 is 0 Å². The van der Waals surface area contributed by atoms with Gasteiger partial charge in [0, 0.05) is 25.2 Å². The summed E-state index contributed by atoms with van der Waals surface area (Å²) < 4.78 is 2.06. The van der Waals surface area contributed by atoms with Crippen LogP contribution in [0.3, 0.4) is 0 Å². The molecule has 0 unspecified atom stereocenters. The fraction of sp³-hybridized carbons (Fsp3) is 0.333. The van der Waals surface area contributed by atoms with Crippen molar-refractivity contribution in [3.63, 3.8) is 0 Å². The van der Waals surface area contributed by atoms with Gasteiger partial charge in [0.15, 0.2) is 0 Å². The maximum atomic E-state index is 4.40. The van der Waals surface area contributed by atoms with E-state index >= 15 is 0 Å². The van der Waals surface area contributed by atoms with Gasteiger partial charge >= 0.3 is 0 Å². The Labute approximate surface area is 173 Å². The number of nitrogens with zero attached hydrogens (tertiary/aromatic N) is 4. The van der Waals surface area contributed by atoms with E-state index in [4.69, 9.17) is 0 Å². The number of hydrogen-bond donors (Lipinski definition) is 0. The highest BCUT2D eigenvalue weighted by molar-refractivity contribution is 5.85. The van der Waals surface area contributed by atoms with Crippen molar-refractivity contribution in [1.82, 2.24) is 19.9 Å². The van der Waals surface area contributed by atoms with E-state index in [2.05, 4.69) is 87.6 Å². The van der Waals surface area contributed by atoms with E-state index in [1.807, 2.05) is 0 Å². The van der Waals surface area contributed by atoms with Crippen molar-refractivity contribution in [3.8, 4) is 11.3 Å². The minimum absolute atomic E-state index is 0. The summed E-state index contributed by atoms with van der Waals surface area (Å²) in [6, 6.07) is 19.7. The molecule has 0 saturated carbocycles. The molecular formula is C21H26Cl2N4. The molecule has 1 aliphatic rings. The molecule has 0 amide bonds. The summed E-state index contributed by atoms with van der Waals surface area (Å²) in [7, 11) is 0. The Kier molecular flexibility index (Phi) is 7.84. The smallest absolute Gasteiger partial charge is 0.113 e. The van der Waals surface area contributed by atoms with Gasteiger partial charge < -0.3 is 0 Å². The number of aromatic nitrogens is 3. The minimum Gasteiger partial charge on any atom is -0.299 e. The monoisotopic (exact) mass is 404 g/mol. The van der Waals surface area contributed by atoms with Gasteiger partial charge in [-0.05, 0) is 25.3 Å². The molecule has 0 aliphatic carbocycles. The molecule has 0 bridgehead atoms. The van der Waals surface area contributed by atoms with Crippen molar-refractivity contribution in [2.75, 3.05) is 13.1 Å². The summed E-state index contributed by atoms with van der Waals surface area (Å²) >= 11 is 0. The van der Waals surface area contributed by atoms with Gasteiger partial charge in [-0.1, -0.05) is 65.4 Å². The molecule has 144 valence electrons. The van der Waals surface area contributed by atoms with E-state index in [1.54, 1.807) is 0 Å². The van der Waals surface area contributed by atoms with E-state index in [-0.39, 0.29) is 24.8 Å². The second-order valence-electron chi connectivity index (χ2n) is 6.94. The van der Waals surface area contributed by atoms with Crippen LogP contribution in [0.5, 0.6) is 0 Å². The molecule has 0 radical (unpaired) electrons. The molecule has 3 aromatic rings. The Bertz CT molecular complexity index is 810. The summed E-state index contributed by atoms with van der Waals surface area (Å²) in [6.07, 6.45) is 4.36. The zero-order valence-electron chi connectivity index (χ0n) is 15.5. The molecule has 4 rings (SSSR count). The van der Waals surface area contributed by atoms with Crippen molar-refractivity contribution >= 4 is 24.8 Å². The number of aryl methyl sites for hydroxylation is 1. The van der Waals surface area contributed by atoms with Crippen LogP contribution in [-0.2, 0) is 6.54 Å². The van der Waals surface area contributed by atoms with Gasteiger partial charge in [-0.3, -0.25) is 4.90 Å². The highest BCUT2D eigenvalue weighted by Crippen LogP contribution is 2.25. The van der Waals surface area contributed by atoms with Crippen LogP contribution < -0.4 is 0 Å². The summed E-state index contributed by atoms with van der Waals surface area (Å²) in [4.78, 5) is 2.53. The molecule has 1 aliphatic heterocycles. The van der Waals surface area contributed by atoms with Crippen LogP contribution >= 0.6 is 24.8 Å². The van der Waals surface area contributed by atoms with Crippen LogP contribution in [0.1, 0.15) is 30.0 Å². The largest absolute Gasteiger partial charge is 0.299 e. The fourth-order valence-corrected chi connectivity index (χ4v) is 3.50. The molecule has 0 atom stereocenters. The highest BCUT2D eigenvalue weighted by atomic mass is 35.5. The van der Waals surface area contributed by atoms with Crippen molar-refractivity contribution in [1.29, 1.82) is 0 Å². The Morgan fingerprint density at radius 2 is 1.59 bits per heavy atom. The van der Waals surface area contributed by atoms with Crippen molar-refractivity contribution in [3.05, 3.63) is 71.9 Å². The Morgan fingerprint density at radius 1 is 0.926 bits per heavy atom. The second-order valence-corrected chi connectivity index (χ2v) is 6.94. The van der Waals surface area contributed by atoms with E-state index in [0.717, 1.165) is 43.7 Å². The maximum Gasteiger partial charge on any atom is 0.113 e. The predicted molar refractivity (Wildman–Crippen MR) is 115 cm³/mol. The van der Waals surface area contributed by atoms with Crippen LogP contribution in [-0.4, -0.2) is 33.0 Å².